The Morgan fingerprint density at radius 2 is 1.96 bits per heavy atom. The fourth-order valence-corrected chi connectivity index (χ4v) is 5.13. The first-order valence-electron chi connectivity index (χ1n) is 10.4. The molecule has 2 fully saturated rings. The summed E-state index contributed by atoms with van der Waals surface area (Å²) in [5.41, 5.74) is 0. The Hall–Kier alpha value is -1.40. The fourth-order valence-electron chi connectivity index (χ4n) is 4.18. The summed E-state index contributed by atoms with van der Waals surface area (Å²) in [7, 11) is 0. The van der Waals surface area contributed by atoms with Crippen molar-refractivity contribution in [2.24, 2.45) is 17.8 Å². The second-order valence-corrected chi connectivity index (χ2v) is 9.11. The Bertz CT molecular complexity index is 689. The predicted octanol–water partition coefficient (Wildman–Crippen LogP) is 5.53. The molecule has 28 heavy (non-hydrogen) atoms. The highest BCUT2D eigenvalue weighted by atomic mass is 32.2. The first-order valence-corrected chi connectivity index (χ1v) is 11.2. The number of benzene rings is 1. The van der Waals surface area contributed by atoms with Gasteiger partial charge in [-0.3, -0.25) is 4.79 Å². The van der Waals surface area contributed by atoms with Crippen LogP contribution in [0, 0.1) is 29.4 Å². The van der Waals surface area contributed by atoms with Gasteiger partial charge in [0.25, 0.3) is 0 Å². The molecule has 1 saturated carbocycles. The summed E-state index contributed by atoms with van der Waals surface area (Å²) in [6.07, 6.45) is 11.7. The van der Waals surface area contributed by atoms with Crippen LogP contribution in [0.3, 0.4) is 0 Å². The molecule has 0 radical (unpaired) electrons. The minimum atomic E-state index is -0.566. The van der Waals surface area contributed by atoms with Gasteiger partial charge in [-0.15, -0.1) is 0 Å². The summed E-state index contributed by atoms with van der Waals surface area (Å²) in [5, 5.41) is 2.93. The van der Waals surface area contributed by atoms with Crippen molar-refractivity contribution in [2.75, 3.05) is 13.1 Å². The van der Waals surface area contributed by atoms with Crippen molar-refractivity contribution >= 4 is 17.9 Å². The lowest BCUT2D eigenvalue weighted by Crippen LogP contribution is -2.36. The molecule has 2 unspecified atom stereocenters. The molecule has 0 spiro atoms. The average molecular weight is 409 g/mol. The fraction of sp³-hybridized carbons (Fsp3) is 0.591. The second kappa shape index (κ2) is 10.4. The topological polar surface area (TPSA) is 32.3 Å². The highest BCUT2D eigenvalue weighted by Crippen LogP contribution is 2.35. The number of allylic oxidation sites excluding steroid dienone is 1. The standard InChI is InChI=1S/C22H30F2N2OS/c1-2-16-5-6-17(14-16)4-3-11-25-22(27)18-9-12-26(13-10-18)28-21-8-7-19(23)15-20(21)24/h3,7-8,11,15-18H,2,4-6,9-10,12-14H2,1H3,(H,25,27)/b11-3-. The van der Waals surface area contributed by atoms with Crippen LogP contribution in [-0.2, 0) is 4.79 Å². The van der Waals surface area contributed by atoms with Gasteiger partial charge in [0, 0.05) is 25.1 Å². The van der Waals surface area contributed by atoms with E-state index in [0.717, 1.165) is 37.2 Å². The summed E-state index contributed by atoms with van der Waals surface area (Å²) in [6.45, 7) is 3.69. The van der Waals surface area contributed by atoms with E-state index in [4.69, 9.17) is 0 Å². The van der Waals surface area contributed by atoms with Gasteiger partial charge < -0.3 is 5.32 Å². The molecule has 154 valence electrons. The van der Waals surface area contributed by atoms with Crippen molar-refractivity contribution in [3.63, 3.8) is 0 Å². The number of nitrogens with zero attached hydrogens (tertiary/aromatic N) is 1. The third-order valence-corrected chi connectivity index (χ3v) is 7.14. The summed E-state index contributed by atoms with van der Waals surface area (Å²) < 4.78 is 28.8. The molecule has 3 rings (SSSR count). The van der Waals surface area contributed by atoms with E-state index >= 15 is 0 Å². The molecule has 1 heterocycles. The Balaban J connectivity index is 1.36. The number of piperidine rings is 1. The third kappa shape index (κ3) is 6.05. The number of carbonyl (C=O) groups is 1. The molecule has 0 bridgehead atoms. The lowest BCUT2D eigenvalue weighted by Gasteiger charge is -2.30. The molecule has 1 aliphatic carbocycles. The lowest BCUT2D eigenvalue weighted by molar-refractivity contribution is -0.125. The molecule has 1 aliphatic heterocycles. The molecule has 1 N–H and O–H groups in total. The van der Waals surface area contributed by atoms with Crippen LogP contribution < -0.4 is 5.32 Å². The van der Waals surface area contributed by atoms with Gasteiger partial charge in [-0.25, -0.2) is 13.1 Å². The number of amides is 1. The lowest BCUT2D eigenvalue weighted by atomic mass is 9.97. The molecular weight excluding hydrogens is 378 g/mol. The number of rotatable bonds is 7. The largest absolute Gasteiger partial charge is 0.333 e. The van der Waals surface area contributed by atoms with Gasteiger partial charge in [0.05, 0.1) is 4.90 Å². The van der Waals surface area contributed by atoms with Gasteiger partial charge in [0.1, 0.15) is 11.6 Å². The van der Waals surface area contributed by atoms with Gasteiger partial charge in [0.15, 0.2) is 0 Å². The SMILES string of the molecule is CCC1CCC(C/C=C\NC(=O)C2CCN(Sc3ccc(F)cc3F)CC2)C1. The molecule has 1 aromatic carbocycles. The maximum absolute atomic E-state index is 13.8. The first kappa shape index (κ1) is 21.3. The Kier molecular flexibility index (Phi) is 7.91. The average Bonchev–Trinajstić information content (AvgIpc) is 3.16. The van der Waals surface area contributed by atoms with Crippen molar-refractivity contribution in [1.82, 2.24) is 9.62 Å². The molecule has 3 nitrogen and oxygen atoms in total. The minimum Gasteiger partial charge on any atom is -0.333 e. The van der Waals surface area contributed by atoms with Crippen LogP contribution in [0.5, 0.6) is 0 Å². The van der Waals surface area contributed by atoms with Crippen LogP contribution >= 0.6 is 11.9 Å². The highest BCUT2D eigenvalue weighted by Gasteiger charge is 2.26. The normalized spacial score (nSPS) is 24.1. The molecule has 1 amide bonds. The van der Waals surface area contributed by atoms with Gasteiger partial charge >= 0.3 is 0 Å². The monoisotopic (exact) mass is 408 g/mol. The molecule has 1 saturated heterocycles. The summed E-state index contributed by atoms with van der Waals surface area (Å²) in [4.78, 5) is 12.8. The number of halogens is 2. The van der Waals surface area contributed by atoms with Crippen LogP contribution in [0.4, 0.5) is 8.78 Å². The number of nitrogens with one attached hydrogen (secondary N) is 1. The summed E-state index contributed by atoms with van der Waals surface area (Å²) in [6, 6.07) is 3.64. The van der Waals surface area contributed by atoms with E-state index < -0.39 is 11.6 Å². The number of hydrogen-bond acceptors (Lipinski definition) is 3. The van der Waals surface area contributed by atoms with Gasteiger partial charge in [-0.1, -0.05) is 25.8 Å². The van der Waals surface area contributed by atoms with Crippen molar-refractivity contribution < 1.29 is 13.6 Å². The van der Waals surface area contributed by atoms with Crippen LogP contribution in [0.2, 0.25) is 0 Å². The van der Waals surface area contributed by atoms with Crippen molar-refractivity contribution in [3.05, 3.63) is 42.1 Å². The molecule has 0 aromatic heterocycles. The van der Waals surface area contributed by atoms with Crippen molar-refractivity contribution in [3.8, 4) is 0 Å². The van der Waals surface area contributed by atoms with Crippen LogP contribution in [0.15, 0.2) is 35.4 Å². The predicted molar refractivity (Wildman–Crippen MR) is 110 cm³/mol. The highest BCUT2D eigenvalue weighted by molar-refractivity contribution is 7.97. The van der Waals surface area contributed by atoms with E-state index in [9.17, 15) is 13.6 Å². The molecule has 2 atom stereocenters. The van der Waals surface area contributed by atoms with Crippen LogP contribution in [-0.4, -0.2) is 23.3 Å². The van der Waals surface area contributed by atoms with E-state index in [-0.39, 0.29) is 11.8 Å². The maximum atomic E-state index is 13.8. The molecule has 6 heteroatoms. The maximum Gasteiger partial charge on any atom is 0.227 e. The zero-order valence-corrected chi connectivity index (χ0v) is 17.3. The second-order valence-electron chi connectivity index (χ2n) is 7.97. The van der Waals surface area contributed by atoms with Crippen molar-refractivity contribution in [2.45, 2.75) is 56.8 Å². The number of carbonyl (C=O) groups excluding carboxylic acids is 1. The zero-order valence-electron chi connectivity index (χ0n) is 16.5. The van der Waals surface area contributed by atoms with Gasteiger partial charge in [-0.05, 0) is 74.2 Å². The number of hydrogen-bond donors (Lipinski definition) is 1. The summed E-state index contributed by atoms with van der Waals surface area (Å²) >= 11 is 1.30. The van der Waals surface area contributed by atoms with Crippen molar-refractivity contribution in [1.29, 1.82) is 0 Å². The van der Waals surface area contributed by atoms with E-state index in [2.05, 4.69) is 18.3 Å². The van der Waals surface area contributed by atoms with E-state index in [1.807, 2.05) is 10.5 Å². The van der Waals surface area contributed by atoms with Gasteiger partial charge in [0.2, 0.25) is 5.91 Å². The first-order chi connectivity index (χ1) is 13.5. The Morgan fingerprint density at radius 1 is 1.21 bits per heavy atom. The van der Waals surface area contributed by atoms with E-state index in [0.29, 0.717) is 18.0 Å². The van der Waals surface area contributed by atoms with Crippen LogP contribution in [0.25, 0.3) is 0 Å². The molecule has 2 aliphatic rings. The summed E-state index contributed by atoms with van der Waals surface area (Å²) in [5.74, 6) is 0.623. The minimum absolute atomic E-state index is 0.00415. The zero-order chi connectivity index (χ0) is 19.9. The third-order valence-electron chi connectivity index (χ3n) is 5.99. The molecular formula is C22H30F2N2OS. The smallest absolute Gasteiger partial charge is 0.227 e. The molecule has 1 aromatic rings. The van der Waals surface area contributed by atoms with Gasteiger partial charge in [-0.2, -0.15) is 0 Å². The van der Waals surface area contributed by atoms with Crippen LogP contribution in [0.1, 0.15) is 51.9 Å². The van der Waals surface area contributed by atoms with E-state index in [1.165, 1.54) is 49.8 Å². The Morgan fingerprint density at radius 3 is 2.64 bits per heavy atom. The Labute approximate surface area is 171 Å². The quantitative estimate of drug-likeness (QED) is 0.602. The van der Waals surface area contributed by atoms with E-state index in [1.54, 1.807) is 0 Å².